The van der Waals surface area contributed by atoms with Crippen molar-refractivity contribution in [2.75, 3.05) is 13.7 Å². The minimum atomic E-state index is -0.235. The van der Waals surface area contributed by atoms with Gasteiger partial charge in [-0.1, -0.05) is 12.1 Å². The molecule has 2 aliphatic rings. The molecule has 3 aromatic rings. The van der Waals surface area contributed by atoms with Gasteiger partial charge in [-0.2, -0.15) is 0 Å². The lowest BCUT2D eigenvalue weighted by Crippen LogP contribution is -2.40. The van der Waals surface area contributed by atoms with E-state index in [0.717, 1.165) is 31.6 Å². The Kier molecular flexibility index (Phi) is 4.59. The van der Waals surface area contributed by atoms with E-state index in [4.69, 9.17) is 4.74 Å². The fourth-order valence-corrected chi connectivity index (χ4v) is 6.16. The Morgan fingerprint density at radius 1 is 1.28 bits per heavy atom. The highest BCUT2D eigenvalue weighted by Crippen LogP contribution is 2.45. The summed E-state index contributed by atoms with van der Waals surface area (Å²) >= 11 is 1.40. The average molecular weight is 412 g/mol. The first-order valence-electron chi connectivity index (χ1n) is 10.2. The van der Waals surface area contributed by atoms with Crippen molar-refractivity contribution in [2.45, 2.75) is 37.8 Å². The number of methoxy groups -OCH3 is 1. The predicted octanol–water partition coefficient (Wildman–Crippen LogP) is 2.48. The Bertz CT molecular complexity index is 1190. The smallest absolute Gasteiger partial charge is 0.331 e. The van der Waals surface area contributed by atoms with Crippen LogP contribution in [0, 0.1) is 5.92 Å². The van der Waals surface area contributed by atoms with Gasteiger partial charge in [0.05, 0.1) is 12.6 Å². The van der Waals surface area contributed by atoms with E-state index in [1.54, 1.807) is 18.7 Å². The fourth-order valence-electron chi connectivity index (χ4n) is 5.29. The standard InChI is InChI=1S/C22H25N3O3S/c1-24-17-9-11-29-20(17)21(26)25(22(24)27)10-8-16-19-13(12-23-16)6-7-14-15(19)4-3-5-18(14)28-2/h3-5,9,11,13,16,19,23H,6-8,10,12H2,1-2H3/t13-,16?,19+/m0/s1. The number of benzene rings is 1. The Hall–Kier alpha value is -2.38. The summed E-state index contributed by atoms with van der Waals surface area (Å²) in [6.45, 7) is 1.42. The Morgan fingerprint density at radius 3 is 2.97 bits per heavy atom. The average Bonchev–Trinajstić information content (AvgIpc) is 3.39. The van der Waals surface area contributed by atoms with Crippen LogP contribution in [0.15, 0.2) is 39.2 Å². The minimum Gasteiger partial charge on any atom is -0.496 e. The molecule has 5 rings (SSSR count). The van der Waals surface area contributed by atoms with Crippen LogP contribution in [0.2, 0.25) is 0 Å². The van der Waals surface area contributed by atoms with Crippen LogP contribution in [0.25, 0.3) is 10.2 Å². The third-order valence-electron chi connectivity index (χ3n) is 6.72. The summed E-state index contributed by atoms with van der Waals surface area (Å²) in [7, 11) is 3.47. The molecule has 1 saturated heterocycles. The summed E-state index contributed by atoms with van der Waals surface area (Å²) in [5, 5.41) is 5.54. The summed E-state index contributed by atoms with van der Waals surface area (Å²) in [6.07, 6.45) is 2.94. The number of nitrogens with zero attached hydrogens (tertiary/aromatic N) is 2. The first kappa shape index (κ1) is 18.6. The molecule has 1 aromatic carbocycles. The van der Waals surface area contributed by atoms with Gasteiger partial charge in [-0.05, 0) is 60.4 Å². The number of hydrogen-bond acceptors (Lipinski definition) is 5. The number of ether oxygens (including phenoxy) is 1. The lowest BCUT2D eigenvalue weighted by molar-refractivity contribution is 0.370. The van der Waals surface area contributed by atoms with Crippen molar-refractivity contribution in [1.29, 1.82) is 0 Å². The first-order valence-corrected chi connectivity index (χ1v) is 11.0. The third kappa shape index (κ3) is 2.87. The van der Waals surface area contributed by atoms with Gasteiger partial charge in [0, 0.05) is 25.6 Å². The van der Waals surface area contributed by atoms with Crippen LogP contribution in [0.5, 0.6) is 5.75 Å². The van der Waals surface area contributed by atoms with Crippen LogP contribution in [-0.2, 0) is 20.0 Å². The monoisotopic (exact) mass is 411 g/mol. The van der Waals surface area contributed by atoms with Gasteiger partial charge < -0.3 is 10.1 Å². The Labute approximate surface area is 172 Å². The van der Waals surface area contributed by atoms with Gasteiger partial charge in [-0.3, -0.25) is 13.9 Å². The largest absolute Gasteiger partial charge is 0.496 e. The van der Waals surface area contributed by atoms with E-state index in [-0.39, 0.29) is 17.3 Å². The van der Waals surface area contributed by atoms with Crippen molar-refractivity contribution in [3.63, 3.8) is 0 Å². The number of aryl methyl sites for hydroxylation is 1. The van der Waals surface area contributed by atoms with Crippen LogP contribution >= 0.6 is 11.3 Å². The van der Waals surface area contributed by atoms with E-state index in [1.807, 2.05) is 17.5 Å². The number of fused-ring (bicyclic) bond motifs is 4. The zero-order chi connectivity index (χ0) is 20.1. The highest BCUT2D eigenvalue weighted by Gasteiger charge is 2.40. The van der Waals surface area contributed by atoms with Crippen LogP contribution in [0.1, 0.15) is 29.9 Å². The van der Waals surface area contributed by atoms with Crippen LogP contribution < -0.4 is 21.3 Å². The van der Waals surface area contributed by atoms with E-state index >= 15 is 0 Å². The summed E-state index contributed by atoms with van der Waals surface area (Å²) in [6, 6.07) is 8.41. The van der Waals surface area contributed by atoms with Crippen molar-refractivity contribution >= 4 is 21.6 Å². The minimum absolute atomic E-state index is 0.168. The van der Waals surface area contributed by atoms with E-state index in [1.165, 1.54) is 27.0 Å². The Balaban J connectivity index is 1.46. The highest BCUT2D eigenvalue weighted by molar-refractivity contribution is 7.17. The van der Waals surface area contributed by atoms with E-state index in [9.17, 15) is 9.59 Å². The van der Waals surface area contributed by atoms with Crippen LogP contribution in [0.3, 0.4) is 0 Å². The first-order chi connectivity index (χ1) is 14.1. The number of rotatable bonds is 4. The molecule has 0 saturated carbocycles. The number of thiophene rings is 1. The summed E-state index contributed by atoms with van der Waals surface area (Å²) in [4.78, 5) is 25.6. The lowest BCUT2D eigenvalue weighted by atomic mass is 9.73. The zero-order valence-electron chi connectivity index (χ0n) is 16.7. The number of hydrogen-bond donors (Lipinski definition) is 1. The van der Waals surface area contributed by atoms with Crippen molar-refractivity contribution in [2.24, 2.45) is 13.0 Å². The SMILES string of the molecule is COc1cccc2c1CC[C@H]1CNC(CCn3c(=O)c4sccc4n(C)c3=O)[C@@H]21. The molecule has 152 valence electrons. The van der Waals surface area contributed by atoms with Gasteiger partial charge in [0.15, 0.2) is 0 Å². The van der Waals surface area contributed by atoms with Gasteiger partial charge in [0.25, 0.3) is 5.56 Å². The van der Waals surface area contributed by atoms with Gasteiger partial charge in [0.1, 0.15) is 10.4 Å². The van der Waals surface area contributed by atoms with Crippen LogP contribution in [0.4, 0.5) is 0 Å². The molecule has 0 spiro atoms. The second-order valence-corrected chi connectivity index (χ2v) is 9.01. The molecule has 0 amide bonds. The molecule has 0 radical (unpaired) electrons. The maximum Gasteiger partial charge on any atom is 0.331 e. The van der Waals surface area contributed by atoms with Gasteiger partial charge in [-0.25, -0.2) is 4.79 Å². The molecule has 3 heterocycles. The maximum atomic E-state index is 12.9. The quantitative estimate of drug-likeness (QED) is 0.716. The van der Waals surface area contributed by atoms with E-state index in [0.29, 0.717) is 28.6 Å². The van der Waals surface area contributed by atoms with Crippen molar-refractivity contribution < 1.29 is 4.74 Å². The van der Waals surface area contributed by atoms with Crippen molar-refractivity contribution in [3.05, 3.63) is 61.6 Å². The molecule has 2 aromatic heterocycles. The molecular weight excluding hydrogens is 386 g/mol. The highest BCUT2D eigenvalue weighted by atomic mass is 32.1. The normalized spacial score (nSPS) is 23.2. The summed E-state index contributed by atoms with van der Waals surface area (Å²) in [5.74, 6) is 1.97. The fraction of sp³-hybridized carbons (Fsp3) is 0.455. The van der Waals surface area contributed by atoms with Crippen LogP contribution in [-0.4, -0.2) is 28.8 Å². The lowest BCUT2D eigenvalue weighted by Gasteiger charge is -2.32. The topological polar surface area (TPSA) is 65.3 Å². The number of aromatic nitrogens is 2. The molecule has 0 bridgehead atoms. The van der Waals surface area contributed by atoms with Gasteiger partial charge >= 0.3 is 5.69 Å². The predicted molar refractivity (Wildman–Crippen MR) is 115 cm³/mol. The molecule has 3 atom stereocenters. The second-order valence-electron chi connectivity index (χ2n) is 8.09. The van der Waals surface area contributed by atoms with E-state index in [2.05, 4.69) is 17.4 Å². The van der Waals surface area contributed by atoms with Gasteiger partial charge in [0.2, 0.25) is 0 Å². The van der Waals surface area contributed by atoms with E-state index < -0.39 is 0 Å². The molecule has 29 heavy (non-hydrogen) atoms. The Morgan fingerprint density at radius 2 is 2.14 bits per heavy atom. The summed E-state index contributed by atoms with van der Waals surface area (Å²) in [5.41, 5.74) is 3.00. The van der Waals surface area contributed by atoms with Crippen molar-refractivity contribution in [3.8, 4) is 5.75 Å². The zero-order valence-corrected chi connectivity index (χ0v) is 17.5. The molecule has 6 nitrogen and oxygen atoms in total. The number of nitrogens with one attached hydrogen (secondary N) is 1. The molecular formula is C22H25N3O3S. The molecule has 7 heteroatoms. The molecule has 1 N–H and O–H groups in total. The van der Waals surface area contributed by atoms with Crippen molar-refractivity contribution in [1.82, 2.24) is 14.5 Å². The molecule has 1 aliphatic carbocycles. The molecule has 1 aliphatic heterocycles. The molecule has 1 fully saturated rings. The second kappa shape index (κ2) is 7.15. The third-order valence-corrected chi connectivity index (χ3v) is 7.62. The maximum absolute atomic E-state index is 12.9. The van der Waals surface area contributed by atoms with Gasteiger partial charge in [-0.15, -0.1) is 11.3 Å². The summed E-state index contributed by atoms with van der Waals surface area (Å²) < 4.78 is 9.23. The molecule has 1 unspecified atom stereocenters.